The molecule has 0 fully saturated rings. The van der Waals surface area contributed by atoms with Crippen LogP contribution >= 0.6 is 11.8 Å². The Kier molecular flexibility index (Phi) is 6.49. The molecule has 2 rings (SSSR count). The number of rotatable bonds is 5. The number of carbonyl (C=O) groups is 2. The maximum atomic E-state index is 13.2. The molecule has 0 aliphatic rings. The minimum absolute atomic E-state index is 0.0898. The summed E-state index contributed by atoms with van der Waals surface area (Å²) in [6.45, 7) is 1.62. The number of alkyl halides is 3. The summed E-state index contributed by atoms with van der Waals surface area (Å²) in [5.74, 6) is -0.265. The largest absolute Gasteiger partial charge is 0.456 e. The van der Waals surface area contributed by atoms with E-state index >= 15 is 0 Å². The predicted octanol–water partition coefficient (Wildman–Crippen LogP) is 5.03. The molecule has 0 unspecified atom stereocenters. The number of carbonyl (C=O) groups excluding carboxylic acids is 2. The second kappa shape index (κ2) is 8.63. The van der Waals surface area contributed by atoms with E-state index in [2.05, 4.69) is 0 Å². The summed E-state index contributed by atoms with van der Waals surface area (Å²) in [5.41, 5.74) is 4.87. The number of hydrogen-bond donors (Lipinski definition) is 1. The minimum atomic E-state index is -4.69. The molecule has 0 aliphatic carbocycles. The van der Waals surface area contributed by atoms with Gasteiger partial charge in [-0.1, -0.05) is 6.07 Å². The minimum Gasteiger partial charge on any atom is -0.456 e. The molecular weight excluding hydrogens is 393 g/mol. The van der Waals surface area contributed by atoms with E-state index in [1.54, 1.807) is 19.1 Å². The number of aldehydes is 1. The van der Waals surface area contributed by atoms with Crippen LogP contribution in [0.1, 0.15) is 22.3 Å². The van der Waals surface area contributed by atoms with Crippen LogP contribution in [0.25, 0.3) is 6.08 Å². The predicted molar refractivity (Wildman–Crippen MR) is 98.6 cm³/mol. The normalized spacial score (nSPS) is 11.6. The third kappa shape index (κ3) is 5.37. The van der Waals surface area contributed by atoms with Gasteiger partial charge in [-0.15, -0.1) is 0 Å². The average molecular weight is 406 g/mol. The molecule has 9 heteroatoms. The van der Waals surface area contributed by atoms with E-state index in [9.17, 15) is 22.8 Å². The first-order valence-electron chi connectivity index (χ1n) is 7.68. The molecule has 28 heavy (non-hydrogen) atoms. The van der Waals surface area contributed by atoms with Gasteiger partial charge in [0, 0.05) is 0 Å². The van der Waals surface area contributed by atoms with Crippen molar-refractivity contribution in [3.63, 3.8) is 0 Å². The van der Waals surface area contributed by atoms with Gasteiger partial charge in [-0.25, -0.2) is 0 Å². The highest BCUT2D eigenvalue weighted by atomic mass is 32.2. The molecular formula is C19H13F3N2O3S. The van der Waals surface area contributed by atoms with Crippen molar-refractivity contribution in [2.75, 3.05) is 0 Å². The Morgan fingerprint density at radius 1 is 1.21 bits per heavy atom. The molecule has 2 aromatic carbocycles. The molecule has 5 nitrogen and oxygen atoms in total. The van der Waals surface area contributed by atoms with Crippen molar-refractivity contribution >= 4 is 29.4 Å². The number of primary amides is 1. The highest BCUT2D eigenvalue weighted by Crippen LogP contribution is 2.39. The van der Waals surface area contributed by atoms with Gasteiger partial charge in [0.1, 0.15) is 11.5 Å². The first-order valence-corrected chi connectivity index (χ1v) is 8.49. The maximum absolute atomic E-state index is 13.2. The standard InChI is InChI=1S/C19H13F3N2O3S/c1-11-6-12(7-14(10-25)28-18(24)26)2-4-16(11)27-17-5-3-13(9-23)8-15(17)19(20,21)22/h2-8,10H,1H3,(H2,24,26)/b14-7-. The highest BCUT2D eigenvalue weighted by molar-refractivity contribution is 8.17. The molecule has 0 saturated carbocycles. The Hall–Kier alpha value is -3.25. The summed E-state index contributed by atoms with van der Waals surface area (Å²) in [4.78, 5) is 22.0. The van der Waals surface area contributed by atoms with Crippen LogP contribution in [0.4, 0.5) is 18.0 Å². The number of hydrogen-bond acceptors (Lipinski definition) is 5. The topological polar surface area (TPSA) is 93.2 Å². The highest BCUT2D eigenvalue weighted by Gasteiger charge is 2.35. The van der Waals surface area contributed by atoms with Gasteiger partial charge in [-0.05, 0) is 66.2 Å². The first-order chi connectivity index (χ1) is 13.1. The van der Waals surface area contributed by atoms with Crippen LogP contribution in [0.5, 0.6) is 11.5 Å². The Bertz CT molecular complexity index is 995. The molecule has 0 aromatic heterocycles. The van der Waals surface area contributed by atoms with Crippen molar-refractivity contribution in [1.29, 1.82) is 5.26 Å². The molecule has 2 N–H and O–H groups in total. The summed E-state index contributed by atoms with van der Waals surface area (Å²) in [6, 6.07) is 9.24. The summed E-state index contributed by atoms with van der Waals surface area (Å²) < 4.78 is 45.2. The van der Waals surface area contributed by atoms with Gasteiger partial charge in [0.25, 0.3) is 5.24 Å². The molecule has 0 bridgehead atoms. The van der Waals surface area contributed by atoms with E-state index in [1.165, 1.54) is 24.3 Å². The van der Waals surface area contributed by atoms with Crippen molar-refractivity contribution in [2.45, 2.75) is 13.1 Å². The number of amides is 1. The van der Waals surface area contributed by atoms with E-state index in [-0.39, 0.29) is 16.2 Å². The number of nitrogens with two attached hydrogens (primary N) is 1. The summed E-state index contributed by atoms with van der Waals surface area (Å²) in [5, 5.41) is 8.07. The second-order valence-electron chi connectivity index (χ2n) is 5.53. The maximum Gasteiger partial charge on any atom is 0.420 e. The van der Waals surface area contributed by atoms with Crippen LogP contribution in [0.3, 0.4) is 0 Å². The first kappa shape index (κ1) is 21.1. The van der Waals surface area contributed by atoms with Crippen molar-refractivity contribution in [1.82, 2.24) is 0 Å². The lowest BCUT2D eigenvalue weighted by atomic mass is 10.1. The molecule has 2 aromatic rings. The number of nitrogens with zero attached hydrogens (tertiary/aromatic N) is 1. The number of allylic oxidation sites excluding steroid dienone is 1. The fraction of sp³-hybridized carbons (Fsp3) is 0.105. The lowest BCUT2D eigenvalue weighted by Gasteiger charge is -2.15. The average Bonchev–Trinajstić information content (AvgIpc) is 2.62. The van der Waals surface area contributed by atoms with Crippen LogP contribution in [0.15, 0.2) is 41.3 Å². The van der Waals surface area contributed by atoms with Gasteiger partial charge in [0.15, 0.2) is 6.29 Å². The molecule has 1 amide bonds. The lowest BCUT2D eigenvalue weighted by molar-refractivity contribution is -0.138. The van der Waals surface area contributed by atoms with Crippen molar-refractivity contribution in [3.8, 4) is 17.6 Å². The fourth-order valence-corrected chi connectivity index (χ4v) is 2.75. The third-order valence-electron chi connectivity index (χ3n) is 3.48. The fourth-order valence-electron chi connectivity index (χ4n) is 2.27. The van der Waals surface area contributed by atoms with Crippen LogP contribution in [0.2, 0.25) is 0 Å². The van der Waals surface area contributed by atoms with Gasteiger partial charge < -0.3 is 10.5 Å². The van der Waals surface area contributed by atoms with Gasteiger partial charge in [0.05, 0.1) is 22.1 Å². The second-order valence-corrected chi connectivity index (χ2v) is 6.61. The smallest absolute Gasteiger partial charge is 0.420 e. The SMILES string of the molecule is Cc1cc(/C=C(/C=O)SC(N)=O)ccc1Oc1ccc(C#N)cc1C(F)(F)F. The number of ether oxygens (including phenoxy) is 1. The molecule has 144 valence electrons. The molecule has 0 saturated heterocycles. The summed E-state index contributed by atoms with van der Waals surface area (Å²) >= 11 is 0.565. The van der Waals surface area contributed by atoms with Crippen LogP contribution in [-0.2, 0) is 11.0 Å². The van der Waals surface area contributed by atoms with Crippen LogP contribution in [-0.4, -0.2) is 11.5 Å². The Balaban J connectivity index is 2.37. The zero-order valence-electron chi connectivity index (χ0n) is 14.4. The number of nitriles is 1. The van der Waals surface area contributed by atoms with E-state index in [1.807, 2.05) is 0 Å². The van der Waals surface area contributed by atoms with Gasteiger partial charge in [-0.2, -0.15) is 18.4 Å². The molecule has 0 radical (unpaired) electrons. The van der Waals surface area contributed by atoms with Gasteiger partial charge >= 0.3 is 6.18 Å². The Morgan fingerprint density at radius 2 is 1.89 bits per heavy atom. The van der Waals surface area contributed by atoms with E-state index < -0.39 is 22.7 Å². The zero-order chi connectivity index (χ0) is 20.9. The quantitative estimate of drug-likeness (QED) is 0.555. The van der Waals surface area contributed by atoms with Gasteiger partial charge in [-0.3, -0.25) is 9.59 Å². The molecule has 0 heterocycles. The number of benzene rings is 2. The van der Waals surface area contributed by atoms with Crippen LogP contribution < -0.4 is 10.5 Å². The monoisotopic (exact) mass is 406 g/mol. The number of thioether (sulfide) groups is 1. The zero-order valence-corrected chi connectivity index (χ0v) is 15.2. The van der Waals surface area contributed by atoms with Crippen molar-refractivity contribution in [2.24, 2.45) is 5.73 Å². The number of halogens is 3. The lowest BCUT2D eigenvalue weighted by Crippen LogP contribution is -2.08. The number of aryl methyl sites for hydroxylation is 1. The van der Waals surface area contributed by atoms with Gasteiger partial charge in [0.2, 0.25) is 0 Å². The third-order valence-corrected chi connectivity index (χ3v) is 4.13. The van der Waals surface area contributed by atoms with Crippen LogP contribution in [0, 0.1) is 18.3 Å². The summed E-state index contributed by atoms with van der Waals surface area (Å²) in [7, 11) is 0. The molecule has 0 spiro atoms. The van der Waals surface area contributed by atoms with E-state index in [4.69, 9.17) is 15.7 Å². The Morgan fingerprint density at radius 3 is 2.43 bits per heavy atom. The van der Waals surface area contributed by atoms with E-state index in [0.29, 0.717) is 29.2 Å². The van der Waals surface area contributed by atoms with Crippen molar-refractivity contribution in [3.05, 3.63) is 63.6 Å². The van der Waals surface area contributed by atoms with E-state index in [0.717, 1.165) is 12.1 Å². The van der Waals surface area contributed by atoms with Crippen molar-refractivity contribution < 1.29 is 27.5 Å². The Labute approximate surface area is 162 Å². The molecule has 0 aliphatic heterocycles. The molecule has 0 atom stereocenters. The summed E-state index contributed by atoms with van der Waals surface area (Å²) in [6.07, 6.45) is -2.80.